The molecule has 5 rings (SSSR count). The molecule has 12 heteroatoms. The van der Waals surface area contributed by atoms with Crippen molar-refractivity contribution in [2.45, 2.75) is 26.1 Å². The highest BCUT2D eigenvalue weighted by atomic mass is 19.2. The summed E-state index contributed by atoms with van der Waals surface area (Å²) in [6.45, 7) is 2.63. The summed E-state index contributed by atoms with van der Waals surface area (Å²) in [7, 11) is 3.32. The van der Waals surface area contributed by atoms with E-state index in [2.05, 4.69) is 10.1 Å². The van der Waals surface area contributed by atoms with Gasteiger partial charge in [-0.05, 0) is 18.6 Å². The number of aliphatic hydroxyl groups excluding tert-OH is 1. The van der Waals surface area contributed by atoms with Gasteiger partial charge in [0, 0.05) is 63.5 Å². The molecular formula is C28H28F4N6O2. The van der Waals surface area contributed by atoms with Gasteiger partial charge in [-0.25, -0.2) is 22.5 Å². The van der Waals surface area contributed by atoms with E-state index in [1.807, 2.05) is 11.8 Å². The highest BCUT2D eigenvalue weighted by Crippen LogP contribution is 2.30. The monoisotopic (exact) mass is 556 g/mol. The molecule has 1 N–H and O–H groups in total. The van der Waals surface area contributed by atoms with Gasteiger partial charge in [-0.15, -0.1) is 0 Å². The summed E-state index contributed by atoms with van der Waals surface area (Å²) >= 11 is 0. The summed E-state index contributed by atoms with van der Waals surface area (Å²) in [5.74, 6) is -4.03. The van der Waals surface area contributed by atoms with Crippen LogP contribution in [0.25, 0.3) is 16.9 Å². The van der Waals surface area contributed by atoms with E-state index in [4.69, 9.17) is 0 Å². The number of carbonyl (C=O) groups is 1. The van der Waals surface area contributed by atoms with Crippen LogP contribution in [-0.4, -0.2) is 75.2 Å². The molecule has 1 fully saturated rings. The molecule has 0 bridgehead atoms. The van der Waals surface area contributed by atoms with Gasteiger partial charge in [-0.1, -0.05) is 24.3 Å². The lowest BCUT2D eigenvalue weighted by Crippen LogP contribution is -2.53. The number of carbonyl (C=O) groups excluding carboxylic acids is 1. The predicted molar refractivity (Wildman–Crippen MR) is 141 cm³/mol. The fraction of sp³-hybridized carbons (Fsp3) is 0.321. The molecule has 0 spiro atoms. The van der Waals surface area contributed by atoms with Gasteiger partial charge in [-0.3, -0.25) is 9.69 Å². The lowest BCUT2D eigenvalue weighted by molar-refractivity contribution is 0.0474. The Kier molecular flexibility index (Phi) is 7.47. The maximum absolute atomic E-state index is 15.7. The molecule has 4 aromatic rings. The number of aliphatic hydroxyl groups is 1. The second-order valence-corrected chi connectivity index (χ2v) is 10.1. The highest BCUT2D eigenvalue weighted by Gasteiger charge is 2.32. The minimum absolute atomic E-state index is 0.00490. The van der Waals surface area contributed by atoms with E-state index < -0.39 is 23.3 Å². The van der Waals surface area contributed by atoms with Crippen molar-refractivity contribution >= 4 is 17.4 Å². The first-order valence-corrected chi connectivity index (χ1v) is 12.7. The zero-order chi connectivity index (χ0) is 28.7. The van der Waals surface area contributed by atoms with E-state index in [9.17, 15) is 23.1 Å². The van der Waals surface area contributed by atoms with Crippen LogP contribution in [0.2, 0.25) is 0 Å². The Bertz CT molecular complexity index is 1570. The molecule has 8 nitrogen and oxygen atoms in total. The van der Waals surface area contributed by atoms with Crippen molar-refractivity contribution in [3.63, 3.8) is 0 Å². The number of piperazine rings is 1. The van der Waals surface area contributed by atoms with Crippen LogP contribution in [0, 0.1) is 23.3 Å². The molecule has 0 unspecified atom stereocenters. The standard InChI is InChI=1S/C28H28F4N6O2/c1-16-13-36(14-19-10-20(29)11-22(30)23(19)31)8-9-37(16)28(40)21-12-33-38-26(21)34-25(24(32)27(38)35(2)3)18-6-4-17(15-39)5-7-18/h4-7,10-12,16,39H,8-9,13-15H2,1-3H3/t16-/m1/s1. The molecule has 0 radical (unpaired) electrons. The number of halogens is 4. The minimum Gasteiger partial charge on any atom is -0.392 e. The topological polar surface area (TPSA) is 77.2 Å². The number of hydrogen-bond acceptors (Lipinski definition) is 6. The lowest BCUT2D eigenvalue weighted by Gasteiger charge is -2.39. The van der Waals surface area contributed by atoms with Gasteiger partial charge in [0.25, 0.3) is 5.91 Å². The Morgan fingerprint density at radius 1 is 1.07 bits per heavy atom. The Hall–Kier alpha value is -4.03. The SMILES string of the molecule is C[C@@H]1CN(Cc2cc(F)cc(F)c2F)CCN1C(=O)c1cnn2c(N(C)C)c(F)c(-c3ccc(CO)cc3)nc12. The quantitative estimate of drug-likeness (QED) is 0.287. The van der Waals surface area contributed by atoms with Crippen molar-refractivity contribution in [3.05, 3.63) is 82.6 Å². The van der Waals surface area contributed by atoms with E-state index in [1.54, 1.807) is 48.2 Å². The molecule has 0 aliphatic carbocycles. The van der Waals surface area contributed by atoms with Gasteiger partial charge in [0.15, 0.2) is 28.9 Å². The third-order valence-corrected chi connectivity index (χ3v) is 7.07. The molecule has 1 amide bonds. The van der Waals surface area contributed by atoms with Crippen molar-refractivity contribution in [1.29, 1.82) is 0 Å². The van der Waals surface area contributed by atoms with E-state index >= 15 is 4.39 Å². The Labute approximate surface area is 228 Å². The van der Waals surface area contributed by atoms with E-state index in [0.717, 1.165) is 6.07 Å². The summed E-state index contributed by atoms with van der Waals surface area (Å²) in [5, 5.41) is 13.6. The van der Waals surface area contributed by atoms with Crippen molar-refractivity contribution < 1.29 is 27.5 Å². The first-order chi connectivity index (χ1) is 19.1. The third-order valence-electron chi connectivity index (χ3n) is 7.07. The number of rotatable bonds is 6. The highest BCUT2D eigenvalue weighted by molar-refractivity contribution is 6.00. The Morgan fingerprint density at radius 3 is 2.45 bits per heavy atom. The number of amides is 1. The van der Waals surface area contributed by atoms with Crippen LogP contribution in [-0.2, 0) is 13.2 Å². The van der Waals surface area contributed by atoms with Crippen LogP contribution >= 0.6 is 0 Å². The maximum Gasteiger partial charge on any atom is 0.259 e. The largest absolute Gasteiger partial charge is 0.392 e. The Balaban J connectivity index is 1.44. The van der Waals surface area contributed by atoms with E-state index in [0.29, 0.717) is 30.3 Å². The van der Waals surface area contributed by atoms with Crippen LogP contribution in [0.4, 0.5) is 23.4 Å². The average Bonchev–Trinajstić information content (AvgIpc) is 3.34. The van der Waals surface area contributed by atoms with Gasteiger partial charge < -0.3 is 14.9 Å². The fourth-order valence-electron chi connectivity index (χ4n) is 5.05. The van der Waals surface area contributed by atoms with Gasteiger partial charge in [-0.2, -0.15) is 9.61 Å². The van der Waals surface area contributed by atoms with Crippen LogP contribution in [0.15, 0.2) is 42.6 Å². The minimum atomic E-state index is -1.24. The molecular weight excluding hydrogens is 528 g/mol. The normalized spacial score (nSPS) is 16.1. The summed E-state index contributed by atoms with van der Waals surface area (Å²) in [6.07, 6.45) is 1.36. The second kappa shape index (κ2) is 10.9. The smallest absolute Gasteiger partial charge is 0.259 e. The molecule has 1 aliphatic heterocycles. The summed E-state index contributed by atoms with van der Waals surface area (Å²) in [5.41, 5.74) is 1.46. The number of aromatic nitrogens is 3. The third kappa shape index (κ3) is 5.00. The molecule has 2 aromatic heterocycles. The molecule has 2 aromatic carbocycles. The average molecular weight is 557 g/mol. The van der Waals surface area contributed by atoms with Crippen LogP contribution in [0.1, 0.15) is 28.4 Å². The zero-order valence-electron chi connectivity index (χ0n) is 22.2. The van der Waals surface area contributed by atoms with Gasteiger partial charge in [0.1, 0.15) is 17.1 Å². The number of hydrogen-bond donors (Lipinski definition) is 1. The first-order valence-electron chi connectivity index (χ1n) is 12.7. The predicted octanol–water partition coefficient (Wildman–Crippen LogP) is 3.86. The van der Waals surface area contributed by atoms with Gasteiger partial charge in [0.05, 0.1) is 12.8 Å². The lowest BCUT2D eigenvalue weighted by atomic mass is 10.1. The molecule has 1 saturated heterocycles. The van der Waals surface area contributed by atoms with Crippen molar-refractivity contribution in [2.24, 2.45) is 0 Å². The summed E-state index contributed by atoms with van der Waals surface area (Å²) in [6, 6.07) is 7.80. The van der Waals surface area contributed by atoms with Crippen molar-refractivity contribution in [3.8, 4) is 11.3 Å². The van der Waals surface area contributed by atoms with Crippen molar-refractivity contribution in [2.75, 3.05) is 38.6 Å². The van der Waals surface area contributed by atoms with Gasteiger partial charge >= 0.3 is 0 Å². The van der Waals surface area contributed by atoms with E-state index in [1.165, 1.54) is 10.7 Å². The van der Waals surface area contributed by atoms with Crippen molar-refractivity contribution in [1.82, 2.24) is 24.4 Å². The van der Waals surface area contributed by atoms with Crippen LogP contribution < -0.4 is 4.90 Å². The maximum atomic E-state index is 15.7. The molecule has 0 saturated carbocycles. The van der Waals surface area contributed by atoms with Crippen LogP contribution in [0.3, 0.4) is 0 Å². The number of nitrogens with zero attached hydrogens (tertiary/aromatic N) is 6. The number of fused-ring (bicyclic) bond motifs is 1. The fourth-order valence-corrected chi connectivity index (χ4v) is 5.05. The molecule has 1 aliphatic rings. The molecule has 210 valence electrons. The van der Waals surface area contributed by atoms with E-state index in [-0.39, 0.29) is 59.9 Å². The van der Waals surface area contributed by atoms with Gasteiger partial charge in [0.2, 0.25) is 0 Å². The number of benzene rings is 2. The summed E-state index contributed by atoms with van der Waals surface area (Å²) in [4.78, 5) is 23.2. The zero-order valence-corrected chi connectivity index (χ0v) is 22.2. The Morgan fingerprint density at radius 2 is 1.80 bits per heavy atom. The number of anilines is 1. The molecule has 1 atom stereocenters. The molecule has 3 heterocycles. The second-order valence-electron chi connectivity index (χ2n) is 10.1. The molecule has 40 heavy (non-hydrogen) atoms. The first kappa shape index (κ1) is 27.5. The van der Waals surface area contributed by atoms with Crippen LogP contribution in [0.5, 0.6) is 0 Å². The summed E-state index contributed by atoms with van der Waals surface area (Å²) < 4.78 is 58.4.